The minimum atomic E-state index is -3.70. The molecule has 0 aromatic heterocycles. The van der Waals surface area contributed by atoms with Crippen molar-refractivity contribution in [1.82, 2.24) is 4.31 Å². The van der Waals surface area contributed by atoms with Crippen molar-refractivity contribution in [2.75, 3.05) is 17.2 Å². The Bertz CT molecular complexity index is 997. The van der Waals surface area contributed by atoms with Gasteiger partial charge in [0.25, 0.3) is 0 Å². The molecule has 1 aliphatic carbocycles. The number of carbonyl (C=O) groups is 1. The molecular weight excluding hydrogens is 410 g/mol. The van der Waals surface area contributed by atoms with E-state index in [1.54, 1.807) is 24.3 Å². The number of benzene rings is 2. The molecule has 1 saturated carbocycles. The number of aryl methyl sites for hydroxylation is 1. The molecule has 2 fully saturated rings. The first-order valence-corrected chi connectivity index (χ1v) is 12.6. The van der Waals surface area contributed by atoms with E-state index in [1.807, 2.05) is 31.2 Å². The zero-order chi connectivity index (χ0) is 21.8. The first kappa shape index (κ1) is 21.8. The zero-order valence-electron chi connectivity index (χ0n) is 18.0. The van der Waals surface area contributed by atoms with Crippen LogP contribution in [0.1, 0.15) is 50.5 Å². The number of amides is 1. The standard InChI is InChI=1S/C24H31N3O3S/c1-18-9-15-22(16-10-18)31(29,30)27-17-5-8-23(27)24(28)26-21-13-11-20(12-14-21)25-19-6-3-2-4-7-19/h9-16,19,23,25H,2-8,17H2,1H3,(H,26,28)/t23-/m0/s1. The van der Waals surface area contributed by atoms with Gasteiger partial charge in [-0.15, -0.1) is 0 Å². The lowest BCUT2D eigenvalue weighted by Gasteiger charge is -2.24. The van der Waals surface area contributed by atoms with Gasteiger partial charge in [0, 0.05) is 24.0 Å². The van der Waals surface area contributed by atoms with Gasteiger partial charge in [-0.1, -0.05) is 37.0 Å². The molecule has 0 unspecified atom stereocenters. The maximum absolute atomic E-state index is 13.1. The minimum Gasteiger partial charge on any atom is -0.382 e. The van der Waals surface area contributed by atoms with Gasteiger partial charge in [-0.25, -0.2) is 8.42 Å². The van der Waals surface area contributed by atoms with E-state index in [0.717, 1.165) is 11.3 Å². The summed E-state index contributed by atoms with van der Waals surface area (Å²) in [4.78, 5) is 13.2. The van der Waals surface area contributed by atoms with Crippen LogP contribution < -0.4 is 10.6 Å². The first-order valence-electron chi connectivity index (χ1n) is 11.2. The van der Waals surface area contributed by atoms with Gasteiger partial charge in [-0.3, -0.25) is 4.79 Å². The van der Waals surface area contributed by atoms with Crippen LogP contribution in [-0.4, -0.2) is 37.3 Å². The summed E-state index contributed by atoms with van der Waals surface area (Å²) in [6.07, 6.45) is 7.47. The second-order valence-electron chi connectivity index (χ2n) is 8.63. The highest BCUT2D eigenvalue weighted by molar-refractivity contribution is 7.89. The number of nitrogens with one attached hydrogen (secondary N) is 2. The molecular formula is C24H31N3O3S. The van der Waals surface area contributed by atoms with E-state index in [-0.39, 0.29) is 10.8 Å². The van der Waals surface area contributed by atoms with Crippen molar-refractivity contribution in [1.29, 1.82) is 0 Å². The lowest BCUT2D eigenvalue weighted by atomic mass is 9.95. The Balaban J connectivity index is 1.41. The van der Waals surface area contributed by atoms with Crippen molar-refractivity contribution in [2.24, 2.45) is 0 Å². The fourth-order valence-electron chi connectivity index (χ4n) is 4.49. The van der Waals surface area contributed by atoms with Gasteiger partial charge < -0.3 is 10.6 Å². The molecule has 1 amide bonds. The van der Waals surface area contributed by atoms with E-state index in [9.17, 15) is 13.2 Å². The van der Waals surface area contributed by atoms with Crippen molar-refractivity contribution in [2.45, 2.75) is 68.8 Å². The second kappa shape index (κ2) is 9.40. The maximum Gasteiger partial charge on any atom is 0.243 e. The quantitative estimate of drug-likeness (QED) is 0.690. The van der Waals surface area contributed by atoms with Gasteiger partial charge >= 0.3 is 0 Å². The Morgan fingerprint density at radius 1 is 0.871 bits per heavy atom. The summed E-state index contributed by atoms with van der Waals surface area (Å²) in [7, 11) is -3.70. The predicted molar refractivity (Wildman–Crippen MR) is 124 cm³/mol. The van der Waals surface area contributed by atoms with E-state index in [2.05, 4.69) is 10.6 Å². The van der Waals surface area contributed by atoms with Crippen LogP contribution in [0.25, 0.3) is 0 Å². The van der Waals surface area contributed by atoms with Crippen LogP contribution >= 0.6 is 0 Å². The first-order chi connectivity index (χ1) is 14.9. The Labute approximate surface area is 185 Å². The van der Waals surface area contributed by atoms with Gasteiger partial charge in [0.2, 0.25) is 15.9 Å². The van der Waals surface area contributed by atoms with Crippen LogP contribution in [0.4, 0.5) is 11.4 Å². The fraction of sp³-hybridized carbons (Fsp3) is 0.458. The monoisotopic (exact) mass is 441 g/mol. The predicted octanol–water partition coefficient (Wildman–Crippen LogP) is 4.53. The van der Waals surface area contributed by atoms with Crippen molar-refractivity contribution >= 4 is 27.3 Å². The highest BCUT2D eigenvalue weighted by Gasteiger charge is 2.39. The molecule has 2 aliphatic rings. The normalized spacial score (nSPS) is 20.5. The highest BCUT2D eigenvalue weighted by Crippen LogP contribution is 2.28. The summed E-state index contributed by atoms with van der Waals surface area (Å²) in [5, 5.41) is 6.47. The lowest BCUT2D eigenvalue weighted by molar-refractivity contribution is -0.119. The van der Waals surface area contributed by atoms with Gasteiger partial charge in [0.1, 0.15) is 6.04 Å². The SMILES string of the molecule is Cc1ccc(S(=O)(=O)N2CCC[C@H]2C(=O)Nc2ccc(NC3CCCCC3)cc2)cc1. The molecule has 0 radical (unpaired) electrons. The number of hydrogen-bond acceptors (Lipinski definition) is 4. The molecule has 2 N–H and O–H groups in total. The van der Waals surface area contributed by atoms with Crippen molar-refractivity contribution < 1.29 is 13.2 Å². The van der Waals surface area contributed by atoms with E-state index >= 15 is 0 Å². The Hall–Kier alpha value is -2.38. The summed E-state index contributed by atoms with van der Waals surface area (Å²) in [6, 6.07) is 14.3. The highest BCUT2D eigenvalue weighted by atomic mass is 32.2. The average Bonchev–Trinajstić information content (AvgIpc) is 3.27. The Morgan fingerprint density at radius 2 is 1.52 bits per heavy atom. The van der Waals surface area contributed by atoms with Gasteiger partial charge in [0.15, 0.2) is 0 Å². The van der Waals surface area contributed by atoms with Crippen LogP contribution in [0.5, 0.6) is 0 Å². The number of nitrogens with zero attached hydrogens (tertiary/aromatic N) is 1. The van der Waals surface area contributed by atoms with Crippen molar-refractivity contribution in [3.05, 3.63) is 54.1 Å². The summed E-state index contributed by atoms with van der Waals surface area (Å²) in [6.45, 7) is 2.27. The Kier molecular flexibility index (Phi) is 6.62. The topological polar surface area (TPSA) is 78.5 Å². The molecule has 1 heterocycles. The number of sulfonamides is 1. The molecule has 7 heteroatoms. The maximum atomic E-state index is 13.1. The molecule has 0 spiro atoms. The van der Waals surface area contributed by atoms with E-state index < -0.39 is 16.1 Å². The van der Waals surface area contributed by atoms with Crippen molar-refractivity contribution in [3.8, 4) is 0 Å². The van der Waals surface area contributed by atoms with Gasteiger partial charge in [0.05, 0.1) is 4.90 Å². The molecule has 1 atom stereocenters. The molecule has 1 saturated heterocycles. The van der Waals surface area contributed by atoms with Gasteiger partial charge in [-0.05, 0) is 69.0 Å². The molecule has 31 heavy (non-hydrogen) atoms. The second-order valence-corrected chi connectivity index (χ2v) is 10.5. The molecule has 2 aromatic rings. The number of rotatable bonds is 6. The molecule has 166 valence electrons. The molecule has 6 nitrogen and oxygen atoms in total. The molecule has 1 aliphatic heterocycles. The smallest absolute Gasteiger partial charge is 0.243 e. The number of carbonyl (C=O) groups excluding carboxylic acids is 1. The lowest BCUT2D eigenvalue weighted by Crippen LogP contribution is -2.43. The molecule has 2 aromatic carbocycles. The Morgan fingerprint density at radius 3 is 2.19 bits per heavy atom. The molecule has 0 bridgehead atoms. The van der Waals surface area contributed by atoms with Crippen LogP contribution in [0, 0.1) is 6.92 Å². The minimum absolute atomic E-state index is 0.232. The van der Waals surface area contributed by atoms with Gasteiger partial charge in [-0.2, -0.15) is 4.31 Å². The summed E-state index contributed by atoms with van der Waals surface area (Å²) >= 11 is 0. The van der Waals surface area contributed by atoms with Crippen LogP contribution in [0.15, 0.2) is 53.4 Å². The third kappa shape index (κ3) is 5.10. The fourth-order valence-corrected chi connectivity index (χ4v) is 6.15. The third-order valence-corrected chi connectivity index (χ3v) is 8.18. The summed E-state index contributed by atoms with van der Waals surface area (Å²) in [5.74, 6) is -0.277. The third-order valence-electron chi connectivity index (χ3n) is 6.26. The van der Waals surface area contributed by atoms with Crippen LogP contribution in [0.3, 0.4) is 0 Å². The summed E-state index contributed by atoms with van der Waals surface area (Å²) in [5.41, 5.74) is 2.73. The number of anilines is 2. The zero-order valence-corrected chi connectivity index (χ0v) is 18.8. The van der Waals surface area contributed by atoms with E-state index in [1.165, 1.54) is 36.4 Å². The van der Waals surface area contributed by atoms with Crippen LogP contribution in [0.2, 0.25) is 0 Å². The van der Waals surface area contributed by atoms with E-state index in [0.29, 0.717) is 31.1 Å². The molecule has 4 rings (SSSR count). The average molecular weight is 442 g/mol. The van der Waals surface area contributed by atoms with E-state index in [4.69, 9.17) is 0 Å². The summed E-state index contributed by atoms with van der Waals surface area (Å²) < 4.78 is 27.5. The number of hydrogen-bond donors (Lipinski definition) is 2. The van der Waals surface area contributed by atoms with Crippen molar-refractivity contribution in [3.63, 3.8) is 0 Å². The largest absolute Gasteiger partial charge is 0.382 e. The van der Waals surface area contributed by atoms with Crippen LogP contribution in [-0.2, 0) is 14.8 Å².